The van der Waals surface area contributed by atoms with Gasteiger partial charge < -0.3 is 23.7 Å². The van der Waals surface area contributed by atoms with Gasteiger partial charge in [-0.2, -0.15) is 5.26 Å². The lowest BCUT2D eigenvalue weighted by Gasteiger charge is -2.37. The standard InChI is InChI=1S/C56H79N4O11P/c1-5-6-7-8-9-11-14-17-23-38-58-52(28-22-16-13-10-12-15-18-24-39-61)71-72(64,68-40-25-37-57)70-50-41-53(60-42-44(2)54(62)59-55(60)63)69-51(50)43-67-56(45-26-20-19-21-27-45,46-29-33-48(65-3)34-30-46)47-31-35-49(66-4)36-32-47/h19-21,26-27,29-36,39,42,50-53,58H,5-18,22-25,28,38,40-41,43H2,1-4H3,(H,59,62,63)/t50-,51+,52?,53+,72?/m0/s1. The average Bonchev–Trinajstić information content (AvgIpc) is 3.79. The molecule has 1 aromatic heterocycles. The van der Waals surface area contributed by atoms with E-state index in [-0.39, 0.29) is 26.1 Å². The molecule has 1 saturated heterocycles. The van der Waals surface area contributed by atoms with Crippen molar-refractivity contribution in [2.75, 3.05) is 34.0 Å². The van der Waals surface area contributed by atoms with Gasteiger partial charge in [0, 0.05) is 24.6 Å². The summed E-state index contributed by atoms with van der Waals surface area (Å²) in [5.74, 6) is 1.31. The fourth-order valence-electron chi connectivity index (χ4n) is 9.16. The number of phosphoric ester groups is 1. The Morgan fingerprint density at radius 3 is 1.97 bits per heavy atom. The maximum atomic E-state index is 15.3. The Morgan fingerprint density at radius 2 is 1.39 bits per heavy atom. The molecule has 1 aliphatic heterocycles. The number of benzene rings is 3. The lowest BCUT2D eigenvalue weighted by atomic mass is 9.80. The van der Waals surface area contributed by atoms with Crippen molar-refractivity contribution in [1.29, 1.82) is 5.26 Å². The number of hydrogen-bond donors (Lipinski definition) is 2. The first-order valence-electron chi connectivity index (χ1n) is 26.2. The lowest BCUT2D eigenvalue weighted by Crippen LogP contribution is -2.39. The van der Waals surface area contributed by atoms with Crippen LogP contribution in [0.5, 0.6) is 11.5 Å². The number of methoxy groups -OCH3 is 2. The van der Waals surface area contributed by atoms with Crippen LogP contribution in [0.1, 0.15) is 164 Å². The van der Waals surface area contributed by atoms with E-state index in [0.29, 0.717) is 36.4 Å². The van der Waals surface area contributed by atoms with Crippen LogP contribution in [0.4, 0.5) is 0 Å². The number of phosphoric acid groups is 1. The number of hydrogen-bond acceptors (Lipinski definition) is 13. The number of rotatable bonds is 37. The molecule has 0 saturated carbocycles. The summed E-state index contributed by atoms with van der Waals surface area (Å²) >= 11 is 0. The number of nitriles is 1. The molecule has 1 aliphatic rings. The number of aldehydes is 1. The van der Waals surface area contributed by atoms with E-state index in [1.165, 1.54) is 49.3 Å². The van der Waals surface area contributed by atoms with Gasteiger partial charge in [-0.05, 0) is 80.1 Å². The normalized spacial score (nSPS) is 17.0. The number of unbranched alkanes of at least 4 members (excludes halogenated alkanes) is 15. The quantitative estimate of drug-likeness (QED) is 0.0143. The summed E-state index contributed by atoms with van der Waals surface area (Å²) in [4.78, 5) is 39.1. The van der Waals surface area contributed by atoms with Gasteiger partial charge in [-0.3, -0.25) is 33.2 Å². The lowest BCUT2D eigenvalue weighted by molar-refractivity contribution is -0.107. The van der Waals surface area contributed by atoms with E-state index in [2.05, 4.69) is 23.3 Å². The second-order valence-electron chi connectivity index (χ2n) is 18.6. The second-order valence-corrected chi connectivity index (χ2v) is 20.2. The topological polar surface area (TPSA) is 189 Å². The number of H-pyrrole nitrogens is 1. The molecule has 0 radical (unpaired) electrons. The van der Waals surface area contributed by atoms with Crippen LogP contribution in [0.15, 0.2) is 94.6 Å². The molecule has 5 rings (SSSR count). The summed E-state index contributed by atoms with van der Waals surface area (Å²) in [6.45, 7) is 4.09. The second kappa shape index (κ2) is 31.6. The SMILES string of the molecule is CCCCCCCCCCCNC(CCCCCCCCCC=O)OP(=O)(OCCC#N)O[C@H]1C[C@H](n2cc(C)c(=O)[nH]c2=O)O[C@@H]1COC(c1ccccc1)(c1ccc(OC)cc1)c1ccc(OC)cc1. The van der Waals surface area contributed by atoms with Gasteiger partial charge >= 0.3 is 13.5 Å². The van der Waals surface area contributed by atoms with Crippen molar-refractivity contribution >= 4 is 14.1 Å². The fourth-order valence-corrected chi connectivity index (χ4v) is 10.7. The molecule has 0 aliphatic carbocycles. The number of carbonyl (C=O) groups is 1. The Hall–Kier alpha value is -4.91. The average molecular weight is 1020 g/mol. The largest absolute Gasteiger partial charge is 0.497 e. The van der Waals surface area contributed by atoms with Crippen molar-refractivity contribution in [2.24, 2.45) is 0 Å². The third-order valence-corrected chi connectivity index (χ3v) is 14.7. The first-order valence-corrected chi connectivity index (χ1v) is 27.7. The van der Waals surface area contributed by atoms with Crippen LogP contribution >= 0.6 is 7.82 Å². The molecule has 2 N–H and O–H groups in total. The molecule has 72 heavy (non-hydrogen) atoms. The van der Waals surface area contributed by atoms with E-state index in [0.717, 1.165) is 87.2 Å². The summed E-state index contributed by atoms with van der Waals surface area (Å²) < 4.78 is 60.6. The molecular weight excluding hydrogens is 936 g/mol. The molecule has 16 heteroatoms. The van der Waals surface area contributed by atoms with Crippen LogP contribution < -0.4 is 26.0 Å². The van der Waals surface area contributed by atoms with E-state index in [4.69, 9.17) is 32.5 Å². The van der Waals surface area contributed by atoms with E-state index in [9.17, 15) is 19.6 Å². The number of aromatic nitrogens is 2. The van der Waals surface area contributed by atoms with E-state index in [1.807, 2.05) is 78.9 Å². The Labute approximate surface area is 426 Å². The highest BCUT2D eigenvalue weighted by molar-refractivity contribution is 7.48. The Morgan fingerprint density at radius 1 is 0.819 bits per heavy atom. The zero-order valence-electron chi connectivity index (χ0n) is 43.1. The minimum absolute atomic E-state index is 0.00116. The summed E-state index contributed by atoms with van der Waals surface area (Å²) in [6.07, 6.45) is 17.1. The number of ether oxygens (including phenoxy) is 4. The Bertz CT molecular complexity index is 2320. The molecule has 0 amide bonds. The zero-order chi connectivity index (χ0) is 51.4. The minimum atomic E-state index is -4.50. The molecule has 0 spiro atoms. The Kier molecular flexibility index (Phi) is 25.5. The van der Waals surface area contributed by atoms with Crippen LogP contribution in [-0.2, 0) is 38.0 Å². The fraction of sp³-hybridized carbons (Fsp3) is 0.571. The van der Waals surface area contributed by atoms with Crippen molar-refractivity contribution in [1.82, 2.24) is 14.9 Å². The van der Waals surface area contributed by atoms with E-state index < -0.39 is 49.3 Å². The van der Waals surface area contributed by atoms with Crippen molar-refractivity contribution in [3.8, 4) is 17.6 Å². The Balaban J connectivity index is 1.46. The van der Waals surface area contributed by atoms with Gasteiger partial charge in [-0.1, -0.05) is 145 Å². The number of aromatic amines is 1. The third-order valence-electron chi connectivity index (χ3n) is 13.2. The highest BCUT2D eigenvalue weighted by atomic mass is 31.2. The molecule has 2 unspecified atom stereocenters. The van der Waals surface area contributed by atoms with Crippen LogP contribution in [0.3, 0.4) is 0 Å². The van der Waals surface area contributed by atoms with Gasteiger partial charge in [0.15, 0.2) is 0 Å². The van der Waals surface area contributed by atoms with E-state index >= 15 is 4.57 Å². The van der Waals surface area contributed by atoms with Gasteiger partial charge in [0.2, 0.25) is 0 Å². The summed E-state index contributed by atoms with van der Waals surface area (Å²) in [5.41, 5.74) is 0.168. The highest BCUT2D eigenvalue weighted by Crippen LogP contribution is 2.55. The van der Waals surface area contributed by atoms with Gasteiger partial charge in [0.1, 0.15) is 48.0 Å². The van der Waals surface area contributed by atoms with Gasteiger partial charge in [-0.25, -0.2) is 9.36 Å². The smallest absolute Gasteiger partial charge is 0.476 e. The van der Waals surface area contributed by atoms with Crippen molar-refractivity contribution < 1.29 is 41.9 Å². The third kappa shape index (κ3) is 17.9. The summed E-state index contributed by atoms with van der Waals surface area (Å²) in [6, 6.07) is 27.0. The summed E-state index contributed by atoms with van der Waals surface area (Å²) in [5, 5.41) is 13.1. The van der Waals surface area contributed by atoms with Gasteiger partial charge in [0.25, 0.3) is 5.56 Å². The van der Waals surface area contributed by atoms with Crippen molar-refractivity contribution in [2.45, 2.75) is 173 Å². The molecule has 15 nitrogen and oxygen atoms in total. The van der Waals surface area contributed by atoms with Crippen molar-refractivity contribution in [3.05, 3.63) is 128 Å². The first-order chi connectivity index (χ1) is 35.1. The highest BCUT2D eigenvalue weighted by Gasteiger charge is 2.47. The number of nitrogens with one attached hydrogen (secondary N) is 2. The molecular formula is C56H79N4O11P. The maximum Gasteiger partial charge on any atom is 0.476 e. The van der Waals surface area contributed by atoms with Crippen LogP contribution in [-0.4, -0.2) is 68.3 Å². The molecule has 3 aromatic carbocycles. The van der Waals surface area contributed by atoms with Crippen LogP contribution in [0.2, 0.25) is 0 Å². The van der Waals surface area contributed by atoms with Crippen LogP contribution in [0, 0.1) is 18.3 Å². The minimum Gasteiger partial charge on any atom is -0.497 e. The first kappa shape index (κ1) is 58.0. The predicted molar refractivity (Wildman–Crippen MR) is 279 cm³/mol. The number of nitrogens with zero attached hydrogens (tertiary/aromatic N) is 2. The molecule has 1 fully saturated rings. The van der Waals surface area contributed by atoms with Crippen LogP contribution in [0.25, 0.3) is 0 Å². The van der Waals surface area contributed by atoms with Gasteiger partial charge in [-0.15, -0.1) is 0 Å². The predicted octanol–water partition coefficient (Wildman–Crippen LogP) is 11.8. The number of aryl methyl sites for hydroxylation is 1. The number of carbonyl (C=O) groups excluding carboxylic acids is 1. The maximum absolute atomic E-state index is 15.3. The molecule has 5 atom stereocenters. The van der Waals surface area contributed by atoms with Crippen molar-refractivity contribution in [3.63, 3.8) is 0 Å². The molecule has 0 bridgehead atoms. The molecule has 2 heterocycles. The molecule has 4 aromatic rings. The molecule has 394 valence electrons. The monoisotopic (exact) mass is 1010 g/mol. The van der Waals surface area contributed by atoms with E-state index in [1.54, 1.807) is 21.1 Å². The summed E-state index contributed by atoms with van der Waals surface area (Å²) in [7, 11) is -1.29. The zero-order valence-corrected chi connectivity index (χ0v) is 44.0. The van der Waals surface area contributed by atoms with Gasteiger partial charge in [0.05, 0.1) is 39.9 Å².